The molecule has 7 nitrogen and oxygen atoms in total. The number of hydrogen-bond acceptors (Lipinski definition) is 5. The summed E-state index contributed by atoms with van der Waals surface area (Å²) in [6.45, 7) is 2.56. The predicted octanol–water partition coefficient (Wildman–Crippen LogP) is 3.76. The van der Waals surface area contributed by atoms with Crippen molar-refractivity contribution in [3.63, 3.8) is 0 Å². The van der Waals surface area contributed by atoms with Gasteiger partial charge < -0.3 is 10.6 Å². The Morgan fingerprint density at radius 3 is 2.77 bits per heavy atom. The predicted molar refractivity (Wildman–Crippen MR) is 114 cm³/mol. The number of aryl methyl sites for hydroxylation is 1. The third-order valence-corrected chi connectivity index (χ3v) is 4.62. The third kappa shape index (κ3) is 4.23. The Hall–Kier alpha value is -3.52. The summed E-state index contributed by atoms with van der Waals surface area (Å²) in [6.07, 6.45) is 1.68. The van der Waals surface area contributed by atoms with Gasteiger partial charge in [0, 0.05) is 23.7 Å². The zero-order valence-corrected chi connectivity index (χ0v) is 16.8. The zero-order valence-electron chi connectivity index (χ0n) is 16.1. The van der Waals surface area contributed by atoms with Gasteiger partial charge in [-0.25, -0.2) is 19.0 Å². The highest BCUT2D eigenvalue weighted by Gasteiger charge is 2.13. The molecule has 9 heteroatoms. The number of nitrogens with zero attached hydrogens (tertiary/aromatic N) is 4. The van der Waals surface area contributed by atoms with Gasteiger partial charge in [0.2, 0.25) is 0 Å². The summed E-state index contributed by atoms with van der Waals surface area (Å²) in [4.78, 5) is 21.1. The molecule has 152 valence electrons. The van der Waals surface area contributed by atoms with E-state index in [1.165, 1.54) is 18.2 Å². The van der Waals surface area contributed by atoms with Crippen molar-refractivity contribution in [1.29, 1.82) is 0 Å². The summed E-state index contributed by atoms with van der Waals surface area (Å²) in [7, 11) is 0. The fourth-order valence-corrected chi connectivity index (χ4v) is 3.22. The summed E-state index contributed by atoms with van der Waals surface area (Å²) >= 11 is 6.10. The minimum Gasteiger partial charge on any atom is -0.368 e. The molecule has 0 fully saturated rings. The molecule has 4 rings (SSSR count). The summed E-state index contributed by atoms with van der Waals surface area (Å²) in [5.74, 6) is 0.411. The van der Waals surface area contributed by atoms with Crippen LogP contribution >= 0.6 is 11.6 Å². The van der Waals surface area contributed by atoms with E-state index in [1.54, 1.807) is 36.0 Å². The quantitative estimate of drug-likeness (QED) is 0.460. The number of anilines is 1. The van der Waals surface area contributed by atoms with Gasteiger partial charge in [0.25, 0.3) is 5.91 Å². The average molecular weight is 425 g/mol. The second-order valence-electron chi connectivity index (χ2n) is 6.59. The number of nitrogens with one attached hydrogen (secondary N) is 2. The molecule has 2 aromatic heterocycles. The maximum atomic E-state index is 13.2. The molecule has 4 aromatic rings. The van der Waals surface area contributed by atoms with Crippen LogP contribution in [0, 0.1) is 12.7 Å². The topological polar surface area (TPSA) is 84.7 Å². The van der Waals surface area contributed by atoms with Crippen LogP contribution in [-0.2, 0) is 0 Å². The zero-order chi connectivity index (χ0) is 21.1. The maximum Gasteiger partial charge on any atom is 0.251 e. The highest BCUT2D eigenvalue weighted by atomic mass is 35.5. The van der Waals surface area contributed by atoms with Gasteiger partial charge >= 0.3 is 0 Å². The Morgan fingerprint density at radius 2 is 1.97 bits per heavy atom. The van der Waals surface area contributed by atoms with Crippen LogP contribution in [0.5, 0.6) is 0 Å². The monoisotopic (exact) mass is 424 g/mol. The molecule has 0 spiro atoms. The van der Waals surface area contributed by atoms with E-state index in [0.717, 1.165) is 11.1 Å². The van der Waals surface area contributed by atoms with Gasteiger partial charge in [0.1, 0.15) is 17.5 Å². The van der Waals surface area contributed by atoms with Crippen molar-refractivity contribution in [3.05, 3.63) is 77.0 Å². The molecule has 1 amide bonds. The highest BCUT2D eigenvalue weighted by molar-refractivity contribution is 6.30. The van der Waals surface area contributed by atoms with Crippen LogP contribution in [0.3, 0.4) is 0 Å². The fourth-order valence-electron chi connectivity index (χ4n) is 3.04. The summed E-state index contributed by atoms with van der Waals surface area (Å²) in [5, 5.41) is 11.7. The first-order chi connectivity index (χ1) is 14.5. The fraction of sp³-hybridized carbons (Fsp3) is 0.143. The number of halogens is 2. The average Bonchev–Trinajstić information content (AvgIpc) is 3.14. The molecule has 2 heterocycles. The van der Waals surface area contributed by atoms with E-state index in [9.17, 15) is 9.18 Å². The van der Waals surface area contributed by atoms with Crippen molar-refractivity contribution in [1.82, 2.24) is 25.1 Å². The number of carbonyl (C=O) groups is 1. The molecule has 0 aliphatic rings. The molecule has 0 saturated carbocycles. The summed E-state index contributed by atoms with van der Waals surface area (Å²) in [6, 6.07) is 12.9. The molecule has 30 heavy (non-hydrogen) atoms. The lowest BCUT2D eigenvalue weighted by Crippen LogP contribution is -2.29. The Balaban J connectivity index is 1.47. The number of rotatable bonds is 6. The highest BCUT2D eigenvalue weighted by Crippen LogP contribution is 2.23. The second kappa shape index (κ2) is 8.46. The van der Waals surface area contributed by atoms with Crippen LogP contribution in [0.4, 0.5) is 10.2 Å². The van der Waals surface area contributed by atoms with Crippen molar-refractivity contribution in [3.8, 4) is 5.69 Å². The minimum absolute atomic E-state index is 0.276. The van der Waals surface area contributed by atoms with Crippen molar-refractivity contribution >= 4 is 34.4 Å². The van der Waals surface area contributed by atoms with Crippen LogP contribution in [0.25, 0.3) is 16.7 Å². The number of fused-ring (bicyclic) bond motifs is 1. The summed E-state index contributed by atoms with van der Waals surface area (Å²) < 4.78 is 14.9. The second-order valence-corrected chi connectivity index (χ2v) is 7.02. The van der Waals surface area contributed by atoms with Gasteiger partial charge in [-0.3, -0.25) is 4.79 Å². The normalized spacial score (nSPS) is 10.9. The van der Waals surface area contributed by atoms with Crippen LogP contribution in [-0.4, -0.2) is 38.7 Å². The van der Waals surface area contributed by atoms with Crippen molar-refractivity contribution in [2.24, 2.45) is 0 Å². The first-order valence-corrected chi connectivity index (χ1v) is 9.65. The molecule has 0 saturated heterocycles. The van der Waals surface area contributed by atoms with Crippen LogP contribution < -0.4 is 10.6 Å². The van der Waals surface area contributed by atoms with E-state index in [0.29, 0.717) is 35.4 Å². The third-order valence-electron chi connectivity index (χ3n) is 4.38. The Morgan fingerprint density at radius 1 is 1.13 bits per heavy atom. The Kier molecular flexibility index (Phi) is 5.58. The van der Waals surface area contributed by atoms with Gasteiger partial charge in [0.05, 0.1) is 17.3 Å². The number of amides is 1. The van der Waals surface area contributed by atoms with Crippen molar-refractivity contribution in [2.75, 3.05) is 18.4 Å². The molecule has 2 N–H and O–H groups in total. The molecule has 0 radical (unpaired) electrons. The molecule has 0 unspecified atom stereocenters. The van der Waals surface area contributed by atoms with E-state index < -0.39 is 5.82 Å². The lowest BCUT2D eigenvalue weighted by Gasteiger charge is -2.10. The van der Waals surface area contributed by atoms with Crippen LogP contribution in [0.1, 0.15) is 16.2 Å². The van der Waals surface area contributed by atoms with E-state index in [2.05, 4.69) is 25.7 Å². The van der Waals surface area contributed by atoms with E-state index in [1.807, 2.05) is 12.1 Å². The molecular weight excluding hydrogens is 407 g/mol. The SMILES string of the molecule is Cc1nc(NCCNC(=O)c2cccc(F)c2)c2cnn(-c3cccc(Cl)c3)c2n1. The Bertz CT molecular complexity index is 1230. The standard InChI is InChI=1S/C21H18ClFN6O/c1-13-27-19(24-8-9-25-21(30)14-4-2-6-16(23)10-14)18-12-26-29(20(18)28-13)17-7-3-5-15(22)11-17/h2-7,10-12H,8-9H2,1H3,(H,25,30)(H,24,27,28). The van der Waals surface area contributed by atoms with Gasteiger partial charge in [0.15, 0.2) is 5.65 Å². The lowest BCUT2D eigenvalue weighted by atomic mass is 10.2. The van der Waals surface area contributed by atoms with E-state index in [4.69, 9.17) is 11.6 Å². The largest absolute Gasteiger partial charge is 0.368 e. The number of aromatic nitrogens is 4. The van der Waals surface area contributed by atoms with Gasteiger partial charge in [-0.05, 0) is 43.3 Å². The molecular formula is C21H18ClFN6O. The molecule has 0 aliphatic heterocycles. The number of benzene rings is 2. The van der Waals surface area contributed by atoms with Crippen molar-refractivity contribution < 1.29 is 9.18 Å². The molecule has 2 aromatic carbocycles. The number of carbonyl (C=O) groups excluding carboxylic acids is 1. The first-order valence-electron chi connectivity index (χ1n) is 9.27. The van der Waals surface area contributed by atoms with E-state index >= 15 is 0 Å². The smallest absolute Gasteiger partial charge is 0.251 e. The lowest BCUT2D eigenvalue weighted by molar-refractivity contribution is 0.0954. The van der Waals surface area contributed by atoms with Crippen molar-refractivity contribution in [2.45, 2.75) is 6.92 Å². The van der Waals surface area contributed by atoms with Gasteiger partial charge in [-0.2, -0.15) is 5.10 Å². The molecule has 0 aliphatic carbocycles. The van der Waals surface area contributed by atoms with Crippen LogP contribution in [0.15, 0.2) is 54.7 Å². The molecule has 0 atom stereocenters. The minimum atomic E-state index is -0.448. The van der Waals surface area contributed by atoms with Gasteiger partial charge in [-0.1, -0.05) is 23.7 Å². The maximum absolute atomic E-state index is 13.2. The van der Waals surface area contributed by atoms with E-state index in [-0.39, 0.29) is 11.5 Å². The molecule has 0 bridgehead atoms. The summed E-state index contributed by atoms with van der Waals surface area (Å²) in [5.41, 5.74) is 1.72. The number of hydrogen-bond donors (Lipinski definition) is 2. The first kappa shape index (κ1) is 19.8. The Labute approximate surface area is 176 Å². The van der Waals surface area contributed by atoms with Crippen LogP contribution in [0.2, 0.25) is 5.02 Å². The van der Waals surface area contributed by atoms with Gasteiger partial charge in [-0.15, -0.1) is 0 Å².